The first kappa shape index (κ1) is 9.98. The van der Waals surface area contributed by atoms with Gasteiger partial charge in [-0.1, -0.05) is 0 Å². The van der Waals surface area contributed by atoms with Crippen molar-refractivity contribution in [3.8, 4) is 0 Å². The number of nitrogens with zero attached hydrogens (tertiary/aromatic N) is 1. The van der Waals surface area contributed by atoms with Gasteiger partial charge in [0.25, 0.3) is 0 Å². The van der Waals surface area contributed by atoms with Crippen LogP contribution in [0.1, 0.15) is 5.56 Å². The Hall–Kier alpha value is -1.55. The van der Waals surface area contributed by atoms with Gasteiger partial charge in [-0.2, -0.15) is 0 Å². The van der Waals surface area contributed by atoms with Crippen molar-refractivity contribution in [1.29, 1.82) is 0 Å². The van der Waals surface area contributed by atoms with E-state index in [4.69, 9.17) is 5.73 Å². The van der Waals surface area contributed by atoms with E-state index < -0.39 is 0 Å². The van der Waals surface area contributed by atoms with E-state index in [0.717, 1.165) is 16.9 Å². The first-order valence-electron chi connectivity index (χ1n) is 5.07. The maximum Gasteiger partial charge on any atom is 0.231 e. The molecule has 1 amide bonds. The minimum Gasteiger partial charge on any atom is -0.388 e. The average Bonchev–Trinajstić information content (AvgIpc) is 2.55. The number of carbonyl (C=O) groups excluding carboxylic acids is 1. The molecule has 3 N–H and O–H groups in total. The third-order valence-electron chi connectivity index (χ3n) is 2.65. The van der Waals surface area contributed by atoms with Crippen molar-refractivity contribution in [3.05, 3.63) is 23.8 Å². The number of nitrogens with one attached hydrogen (secondary N) is 1. The molecule has 1 aliphatic rings. The van der Waals surface area contributed by atoms with Crippen LogP contribution < -0.4 is 16.0 Å². The van der Waals surface area contributed by atoms with Gasteiger partial charge >= 0.3 is 0 Å². The Kier molecular flexibility index (Phi) is 2.60. The van der Waals surface area contributed by atoms with Gasteiger partial charge < -0.3 is 16.0 Å². The van der Waals surface area contributed by atoms with Crippen LogP contribution in [-0.4, -0.2) is 26.0 Å². The minimum atomic E-state index is 0.142. The van der Waals surface area contributed by atoms with E-state index in [1.807, 2.05) is 25.2 Å². The lowest BCUT2D eigenvalue weighted by molar-refractivity contribution is -0.117. The molecule has 1 aliphatic heterocycles. The maximum atomic E-state index is 11.7. The van der Waals surface area contributed by atoms with Crippen LogP contribution in [0.5, 0.6) is 0 Å². The molecule has 0 aliphatic carbocycles. The Morgan fingerprint density at radius 2 is 2.33 bits per heavy atom. The lowest BCUT2D eigenvalue weighted by Gasteiger charge is -2.16. The summed E-state index contributed by atoms with van der Waals surface area (Å²) in [5.74, 6) is 0.142. The molecule has 0 fully saturated rings. The summed E-state index contributed by atoms with van der Waals surface area (Å²) in [6, 6.07) is 5.96. The van der Waals surface area contributed by atoms with E-state index in [1.54, 1.807) is 4.90 Å². The van der Waals surface area contributed by atoms with E-state index in [0.29, 0.717) is 19.5 Å². The van der Waals surface area contributed by atoms with Gasteiger partial charge in [0.1, 0.15) is 0 Å². The van der Waals surface area contributed by atoms with Crippen LogP contribution >= 0.6 is 0 Å². The van der Waals surface area contributed by atoms with Gasteiger partial charge in [0, 0.05) is 31.5 Å². The van der Waals surface area contributed by atoms with Crippen molar-refractivity contribution in [2.24, 2.45) is 5.73 Å². The second-order valence-corrected chi connectivity index (χ2v) is 3.60. The Labute approximate surface area is 89.1 Å². The largest absolute Gasteiger partial charge is 0.388 e. The summed E-state index contributed by atoms with van der Waals surface area (Å²) in [5, 5.41) is 3.06. The van der Waals surface area contributed by atoms with Gasteiger partial charge in [0.15, 0.2) is 0 Å². The first-order chi connectivity index (χ1) is 7.26. The summed E-state index contributed by atoms with van der Waals surface area (Å²) in [4.78, 5) is 13.4. The summed E-state index contributed by atoms with van der Waals surface area (Å²) in [7, 11) is 1.87. The summed E-state index contributed by atoms with van der Waals surface area (Å²) >= 11 is 0. The summed E-state index contributed by atoms with van der Waals surface area (Å²) in [5.41, 5.74) is 8.60. The van der Waals surface area contributed by atoms with E-state index >= 15 is 0 Å². The van der Waals surface area contributed by atoms with Gasteiger partial charge in [0.05, 0.1) is 6.42 Å². The number of hydrogen-bond acceptors (Lipinski definition) is 3. The van der Waals surface area contributed by atoms with Gasteiger partial charge in [-0.15, -0.1) is 0 Å². The van der Waals surface area contributed by atoms with Gasteiger partial charge in [0.2, 0.25) is 5.91 Å². The molecular weight excluding hydrogens is 190 g/mol. The van der Waals surface area contributed by atoms with Gasteiger partial charge in [-0.25, -0.2) is 0 Å². The number of fused-ring (bicyclic) bond motifs is 1. The van der Waals surface area contributed by atoms with Crippen LogP contribution in [0.15, 0.2) is 18.2 Å². The summed E-state index contributed by atoms with van der Waals surface area (Å²) in [6.07, 6.45) is 0.491. The molecule has 15 heavy (non-hydrogen) atoms. The normalized spacial score (nSPS) is 14.3. The van der Waals surface area contributed by atoms with E-state index in [-0.39, 0.29) is 5.91 Å². The quantitative estimate of drug-likeness (QED) is 0.758. The highest BCUT2D eigenvalue weighted by Crippen LogP contribution is 2.30. The number of amides is 1. The molecule has 2 rings (SSSR count). The zero-order chi connectivity index (χ0) is 10.8. The van der Waals surface area contributed by atoms with Gasteiger partial charge in [-0.3, -0.25) is 4.79 Å². The third-order valence-corrected chi connectivity index (χ3v) is 2.65. The molecule has 0 bridgehead atoms. The molecule has 4 heteroatoms. The van der Waals surface area contributed by atoms with Crippen LogP contribution in [0.25, 0.3) is 0 Å². The summed E-state index contributed by atoms with van der Waals surface area (Å²) in [6.45, 7) is 1.10. The monoisotopic (exact) mass is 205 g/mol. The zero-order valence-electron chi connectivity index (χ0n) is 8.79. The van der Waals surface area contributed by atoms with Crippen molar-refractivity contribution < 1.29 is 4.79 Å². The van der Waals surface area contributed by atoms with Crippen molar-refractivity contribution in [2.75, 3.05) is 30.4 Å². The molecule has 0 atom stereocenters. The fourth-order valence-electron chi connectivity index (χ4n) is 1.91. The van der Waals surface area contributed by atoms with Crippen molar-refractivity contribution >= 4 is 17.3 Å². The standard InChI is InChI=1S/C11H15N3O/c1-13-9-2-3-10-8(6-9)7-11(15)14(10)5-4-12/h2-3,6,13H,4-5,7,12H2,1H3. The van der Waals surface area contributed by atoms with Crippen molar-refractivity contribution in [2.45, 2.75) is 6.42 Å². The highest BCUT2D eigenvalue weighted by Gasteiger charge is 2.26. The molecule has 0 radical (unpaired) electrons. The SMILES string of the molecule is CNc1ccc2c(c1)CC(=O)N2CCN. The first-order valence-corrected chi connectivity index (χ1v) is 5.07. The lowest BCUT2D eigenvalue weighted by atomic mass is 10.1. The molecule has 1 aromatic rings. The Morgan fingerprint density at radius 3 is 3.00 bits per heavy atom. The van der Waals surface area contributed by atoms with Crippen molar-refractivity contribution in [3.63, 3.8) is 0 Å². The Bertz CT molecular complexity index is 389. The lowest BCUT2D eigenvalue weighted by Crippen LogP contribution is -2.31. The van der Waals surface area contributed by atoms with Crippen LogP contribution in [-0.2, 0) is 11.2 Å². The van der Waals surface area contributed by atoms with Crippen molar-refractivity contribution in [1.82, 2.24) is 0 Å². The van der Waals surface area contributed by atoms with Crippen LogP contribution in [0.3, 0.4) is 0 Å². The van der Waals surface area contributed by atoms with E-state index in [9.17, 15) is 4.79 Å². The average molecular weight is 205 g/mol. The molecule has 0 unspecified atom stereocenters. The number of rotatable bonds is 3. The smallest absolute Gasteiger partial charge is 0.231 e. The molecule has 0 spiro atoms. The molecule has 1 aromatic carbocycles. The highest BCUT2D eigenvalue weighted by atomic mass is 16.2. The number of carbonyl (C=O) groups is 1. The topological polar surface area (TPSA) is 58.4 Å². The number of benzene rings is 1. The van der Waals surface area contributed by atoms with Crippen LogP contribution in [0.2, 0.25) is 0 Å². The molecule has 1 heterocycles. The molecule has 0 aromatic heterocycles. The van der Waals surface area contributed by atoms with Crippen LogP contribution in [0, 0.1) is 0 Å². The fourth-order valence-corrected chi connectivity index (χ4v) is 1.91. The minimum absolute atomic E-state index is 0.142. The maximum absolute atomic E-state index is 11.7. The summed E-state index contributed by atoms with van der Waals surface area (Å²) < 4.78 is 0. The predicted molar refractivity (Wildman–Crippen MR) is 61.1 cm³/mol. The number of nitrogens with two attached hydrogens (primary N) is 1. The number of hydrogen-bond donors (Lipinski definition) is 2. The van der Waals surface area contributed by atoms with E-state index in [1.165, 1.54) is 0 Å². The Balaban J connectivity index is 2.34. The van der Waals surface area contributed by atoms with Gasteiger partial charge in [-0.05, 0) is 23.8 Å². The number of anilines is 2. The zero-order valence-corrected chi connectivity index (χ0v) is 8.79. The molecule has 80 valence electrons. The molecule has 4 nitrogen and oxygen atoms in total. The molecule has 0 saturated carbocycles. The van der Waals surface area contributed by atoms with E-state index in [2.05, 4.69) is 5.32 Å². The third kappa shape index (κ3) is 1.68. The molecular formula is C11H15N3O. The second kappa shape index (κ2) is 3.90. The fraction of sp³-hybridized carbons (Fsp3) is 0.364. The predicted octanol–water partition coefficient (Wildman–Crippen LogP) is 0.576. The Morgan fingerprint density at radius 1 is 1.53 bits per heavy atom. The molecule has 0 saturated heterocycles. The van der Waals surface area contributed by atoms with Crippen LogP contribution in [0.4, 0.5) is 11.4 Å². The highest BCUT2D eigenvalue weighted by molar-refractivity contribution is 6.01. The second-order valence-electron chi connectivity index (χ2n) is 3.60.